The SMILES string of the molecule is CCCCC[C@H](/C=C/C(=O)CCc1ccc(O)c(OC)c1)Cc1cc(NC(N)=NC)c(O)c(O[C@]2(CNC)CC[C@H](CCC(=O)O)C2)c1. The molecule has 2 aromatic rings. The van der Waals surface area contributed by atoms with E-state index in [1.165, 1.54) is 7.11 Å². The van der Waals surface area contributed by atoms with Gasteiger partial charge in [0.25, 0.3) is 0 Å². The van der Waals surface area contributed by atoms with Crippen molar-refractivity contribution in [3.05, 3.63) is 53.6 Å². The topological polar surface area (TPSA) is 176 Å². The summed E-state index contributed by atoms with van der Waals surface area (Å²) in [4.78, 5) is 28.1. The number of nitrogens with two attached hydrogens (primary N) is 1. The Labute approximate surface area is 284 Å². The number of benzene rings is 2. The molecule has 0 saturated heterocycles. The number of ketones is 1. The highest BCUT2D eigenvalue weighted by Crippen LogP contribution is 2.44. The summed E-state index contributed by atoms with van der Waals surface area (Å²) >= 11 is 0. The molecule has 1 aliphatic rings. The molecule has 0 radical (unpaired) electrons. The fourth-order valence-corrected chi connectivity index (χ4v) is 6.46. The number of carboxylic acid groups (broad SMARTS) is 1. The van der Waals surface area contributed by atoms with Crippen LogP contribution < -0.4 is 25.8 Å². The Balaban J connectivity index is 1.84. The molecule has 3 rings (SSSR count). The van der Waals surface area contributed by atoms with E-state index in [0.717, 1.165) is 49.7 Å². The van der Waals surface area contributed by atoms with Gasteiger partial charge in [-0.25, -0.2) is 0 Å². The van der Waals surface area contributed by atoms with E-state index in [1.807, 2.05) is 25.3 Å². The van der Waals surface area contributed by atoms with Crippen LogP contribution in [0.1, 0.15) is 82.3 Å². The number of carboxylic acids is 1. The number of ether oxygens (including phenoxy) is 2. The van der Waals surface area contributed by atoms with Crippen molar-refractivity contribution in [2.75, 3.05) is 33.1 Å². The highest BCUT2D eigenvalue weighted by molar-refractivity contribution is 5.94. The lowest BCUT2D eigenvalue weighted by atomic mass is 9.92. The van der Waals surface area contributed by atoms with Gasteiger partial charge in [-0.2, -0.15) is 0 Å². The number of hydrogen-bond acceptors (Lipinski definition) is 8. The summed E-state index contributed by atoms with van der Waals surface area (Å²) in [5, 5.41) is 36.6. The number of rotatable bonds is 20. The Morgan fingerprint density at radius 2 is 1.92 bits per heavy atom. The summed E-state index contributed by atoms with van der Waals surface area (Å²) in [7, 11) is 4.91. The number of aryl methyl sites for hydroxylation is 1. The lowest BCUT2D eigenvalue weighted by Crippen LogP contribution is -2.42. The van der Waals surface area contributed by atoms with E-state index >= 15 is 0 Å². The van der Waals surface area contributed by atoms with Crippen molar-refractivity contribution in [3.8, 4) is 23.0 Å². The lowest BCUT2D eigenvalue weighted by molar-refractivity contribution is -0.137. The molecule has 1 saturated carbocycles. The van der Waals surface area contributed by atoms with Gasteiger partial charge in [-0.05, 0) is 105 Å². The smallest absolute Gasteiger partial charge is 0.303 e. The maximum absolute atomic E-state index is 12.9. The molecule has 1 fully saturated rings. The Kier molecular flexibility index (Phi) is 15.1. The van der Waals surface area contributed by atoms with Gasteiger partial charge in [0.1, 0.15) is 5.60 Å². The monoisotopic (exact) mass is 666 g/mol. The number of aromatic hydroxyl groups is 2. The van der Waals surface area contributed by atoms with Crippen LogP contribution in [0, 0.1) is 11.8 Å². The molecule has 2 aromatic carbocycles. The number of nitrogens with one attached hydrogen (secondary N) is 2. The van der Waals surface area contributed by atoms with E-state index < -0.39 is 11.6 Å². The minimum atomic E-state index is -0.805. The molecular formula is C37H54N4O7. The second-order valence-electron chi connectivity index (χ2n) is 12.9. The van der Waals surface area contributed by atoms with E-state index in [1.54, 1.807) is 31.3 Å². The van der Waals surface area contributed by atoms with E-state index in [-0.39, 0.29) is 41.5 Å². The molecule has 1 aliphatic carbocycles. The highest BCUT2D eigenvalue weighted by atomic mass is 16.5. The van der Waals surface area contributed by atoms with Gasteiger partial charge in [0.15, 0.2) is 34.7 Å². The summed E-state index contributed by atoms with van der Waals surface area (Å²) in [6.07, 6.45) is 12.1. The molecular weight excluding hydrogens is 612 g/mol. The van der Waals surface area contributed by atoms with Crippen molar-refractivity contribution in [2.24, 2.45) is 22.6 Å². The summed E-state index contributed by atoms with van der Waals surface area (Å²) in [6, 6.07) is 8.81. The first kappa shape index (κ1) is 38.2. The summed E-state index contributed by atoms with van der Waals surface area (Å²) in [5.41, 5.74) is 7.59. The number of anilines is 1. The zero-order chi connectivity index (χ0) is 35.1. The van der Waals surface area contributed by atoms with Gasteiger partial charge in [-0.1, -0.05) is 38.3 Å². The second kappa shape index (κ2) is 18.9. The number of nitrogens with zero attached hydrogens (tertiary/aromatic N) is 1. The van der Waals surface area contributed by atoms with Crippen molar-refractivity contribution >= 4 is 23.4 Å². The maximum Gasteiger partial charge on any atom is 0.303 e. The summed E-state index contributed by atoms with van der Waals surface area (Å²) in [5.74, 6) is 0.320. The summed E-state index contributed by atoms with van der Waals surface area (Å²) in [6.45, 7) is 2.70. The van der Waals surface area contributed by atoms with Crippen molar-refractivity contribution < 1.29 is 34.4 Å². The number of phenolic OH excluding ortho intramolecular Hbond substituents is 2. The third-order valence-electron chi connectivity index (χ3n) is 9.03. The number of aliphatic carboxylic acids is 1. The number of guanidine groups is 1. The van der Waals surface area contributed by atoms with Crippen LogP contribution in [0.3, 0.4) is 0 Å². The van der Waals surface area contributed by atoms with Crippen molar-refractivity contribution in [1.29, 1.82) is 0 Å². The number of unbranched alkanes of at least 4 members (excludes halogenated alkanes) is 2. The van der Waals surface area contributed by atoms with Crippen molar-refractivity contribution in [1.82, 2.24) is 5.32 Å². The predicted octanol–water partition coefficient (Wildman–Crippen LogP) is 5.96. The molecule has 0 unspecified atom stereocenters. The van der Waals surface area contributed by atoms with Crippen LogP contribution in [0.5, 0.6) is 23.0 Å². The van der Waals surface area contributed by atoms with E-state index in [9.17, 15) is 24.9 Å². The van der Waals surface area contributed by atoms with Crippen molar-refractivity contribution in [2.45, 2.75) is 89.6 Å². The van der Waals surface area contributed by atoms with Crippen LogP contribution in [0.4, 0.5) is 5.69 Å². The number of carbonyl (C=O) groups is 2. The second-order valence-corrected chi connectivity index (χ2v) is 12.9. The standard InChI is InChI=1S/C37H54N4O7/c1-5-6-7-8-25(9-13-29(42)14-10-26-11-15-31(43)32(21-26)47-4)19-28-20-30(41-36(38)40-3)35(46)33(22-28)48-37(24-39-2)18-17-27(23-37)12-16-34(44)45/h9,11,13,15,20-22,25,27,39,43,46H,5-8,10,12,14,16-19,23-24H2,1-4H3,(H,44,45)(H3,38,40,41)/b13-9+/t25-,27+,37-/m1/s1. The Bertz CT molecular complexity index is 1430. The van der Waals surface area contributed by atoms with Gasteiger partial charge in [0, 0.05) is 26.4 Å². The molecule has 48 heavy (non-hydrogen) atoms. The van der Waals surface area contributed by atoms with Crippen LogP contribution in [0.2, 0.25) is 0 Å². The first-order chi connectivity index (χ1) is 23.0. The minimum absolute atomic E-state index is 0.0132. The number of phenols is 2. The fourth-order valence-electron chi connectivity index (χ4n) is 6.46. The number of carbonyl (C=O) groups excluding carboxylic acids is 1. The van der Waals surface area contributed by atoms with Crippen LogP contribution in [-0.2, 0) is 22.4 Å². The van der Waals surface area contributed by atoms with Crippen LogP contribution in [-0.4, -0.2) is 66.4 Å². The quantitative estimate of drug-likeness (QED) is 0.0325. The highest BCUT2D eigenvalue weighted by Gasteiger charge is 2.41. The number of aliphatic imine (C=N–C) groups is 1. The number of methoxy groups -OCH3 is 1. The molecule has 0 amide bonds. The Morgan fingerprint density at radius 3 is 2.60 bits per heavy atom. The molecule has 0 aromatic heterocycles. The van der Waals surface area contributed by atoms with E-state index in [0.29, 0.717) is 55.8 Å². The van der Waals surface area contributed by atoms with Gasteiger partial charge < -0.3 is 41.2 Å². The normalized spacial score (nSPS) is 18.6. The van der Waals surface area contributed by atoms with Gasteiger partial charge in [0.2, 0.25) is 0 Å². The first-order valence-corrected chi connectivity index (χ1v) is 17.0. The van der Waals surface area contributed by atoms with Gasteiger partial charge in [-0.3, -0.25) is 14.6 Å². The zero-order valence-corrected chi connectivity index (χ0v) is 28.9. The average Bonchev–Trinajstić information content (AvgIpc) is 3.46. The van der Waals surface area contributed by atoms with Gasteiger partial charge in [0.05, 0.1) is 12.8 Å². The lowest BCUT2D eigenvalue weighted by Gasteiger charge is -2.32. The fraction of sp³-hybridized carbons (Fsp3) is 0.541. The molecule has 11 heteroatoms. The number of allylic oxidation sites excluding steroid dienone is 2. The first-order valence-electron chi connectivity index (χ1n) is 17.0. The largest absolute Gasteiger partial charge is 0.504 e. The van der Waals surface area contributed by atoms with Crippen LogP contribution in [0.15, 0.2) is 47.5 Å². The van der Waals surface area contributed by atoms with Crippen LogP contribution in [0.25, 0.3) is 0 Å². The maximum atomic E-state index is 12.9. The van der Waals surface area contributed by atoms with Gasteiger partial charge in [-0.15, -0.1) is 0 Å². The van der Waals surface area contributed by atoms with Crippen LogP contribution >= 0.6 is 0 Å². The third kappa shape index (κ3) is 11.8. The van der Waals surface area contributed by atoms with Gasteiger partial charge >= 0.3 is 5.97 Å². The molecule has 0 heterocycles. The molecule has 0 aliphatic heterocycles. The molecule has 0 bridgehead atoms. The summed E-state index contributed by atoms with van der Waals surface area (Å²) < 4.78 is 11.9. The molecule has 264 valence electrons. The number of hydrogen-bond donors (Lipinski definition) is 6. The minimum Gasteiger partial charge on any atom is -0.504 e. The zero-order valence-electron chi connectivity index (χ0n) is 28.9. The molecule has 11 nitrogen and oxygen atoms in total. The van der Waals surface area contributed by atoms with E-state index in [4.69, 9.17) is 15.2 Å². The van der Waals surface area contributed by atoms with E-state index in [2.05, 4.69) is 22.5 Å². The van der Waals surface area contributed by atoms with Crippen molar-refractivity contribution in [3.63, 3.8) is 0 Å². The third-order valence-corrected chi connectivity index (χ3v) is 9.03. The molecule has 7 N–H and O–H groups in total. The predicted molar refractivity (Wildman–Crippen MR) is 189 cm³/mol. The average molecular weight is 667 g/mol. The molecule has 3 atom stereocenters. The Hall–Kier alpha value is -4.25. The number of likely N-dealkylation sites (N-methyl/N-ethyl adjacent to an activating group) is 1. The molecule has 0 spiro atoms. The Morgan fingerprint density at radius 1 is 1.15 bits per heavy atom.